The van der Waals surface area contributed by atoms with E-state index in [1.165, 1.54) is 0 Å². The molecule has 140 valence electrons. The summed E-state index contributed by atoms with van der Waals surface area (Å²) < 4.78 is 0. The molecule has 0 unspecified atom stereocenters. The van der Waals surface area contributed by atoms with Gasteiger partial charge in [-0.2, -0.15) is 5.26 Å². The first-order chi connectivity index (χ1) is 13.6. The molecule has 1 saturated heterocycles. The maximum absolute atomic E-state index is 11.5. The zero-order valence-corrected chi connectivity index (χ0v) is 15.4. The van der Waals surface area contributed by atoms with Crippen LogP contribution in [0.3, 0.4) is 0 Å². The van der Waals surface area contributed by atoms with Gasteiger partial charge in [-0.1, -0.05) is 24.3 Å². The fraction of sp³-hybridized carbons (Fsp3) is 0.273. The van der Waals surface area contributed by atoms with Crippen molar-refractivity contribution in [3.05, 3.63) is 71.7 Å². The molecule has 1 fully saturated rings. The van der Waals surface area contributed by atoms with Gasteiger partial charge in [0.1, 0.15) is 11.1 Å². The lowest BCUT2D eigenvalue weighted by Crippen LogP contribution is -2.42. The van der Waals surface area contributed by atoms with Crippen LogP contribution in [-0.2, 0) is 12.0 Å². The smallest absolute Gasteiger partial charge is 0.354 e. The van der Waals surface area contributed by atoms with Crippen LogP contribution in [0.4, 0.5) is 0 Å². The molecule has 4 rings (SSSR count). The number of carboxylic acid groups (broad SMARTS) is 1. The average molecular weight is 372 g/mol. The summed E-state index contributed by atoms with van der Waals surface area (Å²) >= 11 is 0. The highest BCUT2D eigenvalue weighted by Gasteiger charge is 2.37. The topological polar surface area (TPSA) is 90.1 Å². The molecule has 1 N–H and O–H groups in total. The molecule has 0 spiro atoms. The Morgan fingerprint density at radius 2 is 1.93 bits per heavy atom. The SMILES string of the molecule is N#CC1(c2ccccn2)CCN(Cc2cc(C(=O)O)nc3ccccc23)CC1. The Hall–Kier alpha value is -3.30. The molecule has 0 amide bonds. The van der Waals surface area contributed by atoms with Crippen LogP contribution in [-0.4, -0.2) is 39.0 Å². The van der Waals surface area contributed by atoms with Crippen molar-refractivity contribution in [3.8, 4) is 6.07 Å². The van der Waals surface area contributed by atoms with Crippen molar-refractivity contribution >= 4 is 16.9 Å². The molecule has 0 atom stereocenters. The number of aromatic nitrogens is 2. The standard InChI is InChI=1S/C22H20N4O2/c23-15-22(20-7-3-4-10-24-20)8-11-26(12-9-22)14-16-13-19(21(27)28)25-18-6-2-1-5-17(16)18/h1-7,10,13H,8-9,11-12,14H2,(H,27,28). The molecule has 0 radical (unpaired) electrons. The predicted molar refractivity (Wildman–Crippen MR) is 105 cm³/mol. The maximum Gasteiger partial charge on any atom is 0.354 e. The molecule has 0 aliphatic carbocycles. The minimum absolute atomic E-state index is 0.0607. The second kappa shape index (κ2) is 7.37. The molecule has 3 heterocycles. The Kier molecular flexibility index (Phi) is 4.76. The third-order valence-electron chi connectivity index (χ3n) is 5.49. The van der Waals surface area contributed by atoms with E-state index < -0.39 is 11.4 Å². The van der Waals surface area contributed by atoms with E-state index in [4.69, 9.17) is 0 Å². The maximum atomic E-state index is 11.5. The number of rotatable bonds is 4. The van der Waals surface area contributed by atoms with Crippen LogP contribution >= 0.6 is 0 Å². The Balaban J connectivity index is 1.57. The van der Waals surface area contributed by atoms with Crippen LogP contribution in [0.5, 0.6) is 0 Å². The third-order valence-corrected chi connectivity index (χ3v) is 5.49. The summed E-state index contributed by atoms with van der Waals surface area (Å²) in [4.78, 5) is 22.4. The highest BCUT2D eigenvalue weighted by Crippen LogP contribution is 2.34. The van der Waals surface area contributed by atoms with Gasteiger partial charge in [-0.15, -0.1) is 0 Å². The van der Waals surface area contributed by atoms with Gasteiger partial charge in [-0.25, -0.2) is 9.78 Å². The number of carboxylic acids is 1. The summed E-state index contributed by atoms with van der Waals surface area (Å²) in [6.45, 7) is 2.14. The number of carbonyl (C=O) groups is 1. The largest absolute Gasteiger partial charge is 0.477 e. The summed E-state index contributed by atoms with van der Waals surface area (Å²) in [7, 11) is 0. The zero-order chi connectivity index (χ0) is 19.6. The van der Waals surface area contributed by atoms with E-state index in [2.05, 4.69) is 20.9 Å². The minimum Gasteiger partial charge on any atom is -0.477 e. The molecular weight excluding hydrogens is 352 g/mol. The number of pyridine rings is 2. The number of benzene rings is 1. The second-order valence-electron chi connectivity index (χ2n) is 7.17. The number of hydrogen-bond acceptors (Lipinski definition) is 5. The van der Waals surface area contributed by atoms with Gasteiger partial charge in [0, 0.05) is 31.2 Å². The summed E-state index contributed by atoms with van der Waals surface area (Å²) in [6, 6.07) is 17.5. The highest BCUT2D eigenvalue weighted by molar-refractivity contribution is 5.91. The second-order valence-corrected chi connectivity index (χ2v) is 7.17. The molecule has 6 nitrogen and oxygen atoms in total. The Bertz CT molecular complexity index is 1050. The van der Waals surface area contributed by atoms with E-state index in [0.29, 0.717) is 24.9 Å². The van der Waals surface area contributed by atoms with Crippen molar-refractivity contribution in [1.82, 2.24) is 14.9 Å². The van der Waals surface area contributed by atoms with Gasteiger partial charge in [0.2, 0.25) is 0 Å². The minimum atomic E-state index is -1.02. The van der Waals surface area contributed by atoms with E-state index in [1.807, 2.05) is 42.5 Å². The lowest BCUT2D eigenvalue weighted by molar-refractivity contribution is 0.0690. The van der Waals surface area contributed by atoms with Crippen molar-refractivity contribution in [2.75, 3.05) is 13.1 Å². The summed E-state index contributed by atoms with van der Waals surface area (Å²) in [5.41, 5.74) is 1.98. The molecule has 28 heavy (non-hydrogen) atoms. The van der Waals surface area contributed by atoms with E-state index in [9.17, 15) is 15.2 Å². The number of piperidine rings is 1. The van der Waals surface area contributed by atoms with Crippen LogP contribution in [0.25, 0.3) is 10.9 Å². The molecule has 6 heteroatoms. The van der Waals surface area contributed by atoms with Gasteiger partial charge < -0.3 is 5.11 Å². The lowest BCUT2D eigenvalue weighted by Gasteiger charge is -2.37. The Morgan fingerprint density at radius 3 is 2.61 bits per heavy atom. The first-order valence-corrected chi connectivity index (χ1v) is 9.28. The van der Waals surface area contributed by atoms with Gasteiger partial charge in [-0.05, 0) is 42.7 Å². The molecule has 1 aromatic carbocycles. The number of hydrogen-bond donors (Lipinski definition) is 1. The van der Waals surface area contributed by atoms with E-state index >= 15 is 0 Å². The normalized spacial score (nSPS) is 16.5. The van der Waals surface area contributed by atoms with Crippen LogP contribution in [0.15, 0.2) is 54.7 Å². The number of fused-ring (bicyclic) bond motifs is 1. The van der Waals surface area contributed by atoms with E-state index in [0.717, 1.165) is 29.7 Å². The molecule has 2 aromatic heterocycles. The molecule has 0 bridgehead atoms. The van der Waals surface area contributed by atoms with Crippen LogP contribution in [0.2, 0.25) is 0 Å². The lowest BCUT2D eigenvalue weighted by atomic mass is 9.76. The first kappa shape index (κ1) is 18.1. The van der Waals surface area contributed by atoms with Crippen molar-refractivity contribution in [3.63, 3.8) is 0 Å². The van der Waals surface area contributed by atoms with Crippen LogP contribution < -0.4 is 0 Å². The number of aromatic carboxylic acids is 1. The number of likely N-dealkylation sites (tertiary alicyclic amines) is 1. The Morgan fingerprint density at radius 1 is 1.18 bits per heavy atom. The van der Waals surface area contributed by atoms with E-state index in [1.54, 1.807) is 12.3 Å². The van der Waals surface area contributed by atoms with Crippen molar-refractivity contribution in [2.45, 2.75) is 24.8 Å². The van der Waals surface area contributed by atoms with Crippen molar-refractivity contribution < 1.29 is 9.90 Å². The summed E-state index contributed by atoms with van der Waals surface area (Å²) in [5.74, 6) is -1.02. The van der Waals surface area contributed by atoms with Gasteiger partial charge in [0.15, 0.2) is 0 Å². The first-order valence-electron chi connectivity index (χ1n) is 9.28. The fourth-order valence-corrected chi connectivity index (χ4v) is 3.89. The van der Waals surface area contributed by atoms with Gasteiger partial charge >= 0.3 is 5.97 Å². The van der Waals surface area contributed by atoms with Crippen molar-refractivity contribution in [2.24, 2.45) is 0 Å². The van der Waals surface area contributed by atoms with Crippen LogP contribution in [0, 0.1) is 11.3 Å². The molecule has 3 aromatic rings. The Labute approximate surface area is 163 Å². The van der Waals surface area contributed by atoms with Crippen LogP contribution in [0.1, 0.15) is 34.6 Å². The van der Waals surface area contributed by atoms with Gasteiger partial charge in [0.25, 0.3) is 0 Å². The fourth-order valence-electron chi connectivity index (χ4n) is 3.89. The average Bonchev–Trinajstić information content (AvgIpc) is 2.75. The molecular formula is C22H20N4O2. The third kappa shape index (κ3) is 3.32. The summed E-state index contributed by atoms with van der Waals surface area (Å²) in [5, 5.41) is 20.2. The molecule has 1 aliphatic rings. The van der Waals surface area contributed by atoms with E-state index in [-0.39, 0.29) is 5.69 Å². The molecule has 0 saturated carbocycles. The number of nitrogens with zero attached hydrogens (tertiary/aromatic N) is 4. The number of nitriles is 1. The summed E-state index contributed by atoms with van der Waals surface area (Å²) in [6.07, 6.45) is 3.14. The highest BCUT2D eigenvalue weighted by atomic mass is 16.4. The quantitative estimate of drug-likeness (QED) is 0.755. The monoisotopic (exact) mass is 372 g/mol. The number of para-hydroxylation sites is 1. The van der Waals surface area contributed by atoms with Gasteiger partial charge in [-0.3, -0.25) is 9.88 Å². The zero-order valence-electron chi connectivity index (χ0n) is 15.4. The van der Waals surface area contributed by atoms with Crippen molar-refractivity contribution in [1.29, 1.82) is 5.26 Å². The molecule has 1 aliphatic heterocycles. The van der Waals surface area contributed by atoms with Gasteiger partial charge in [0.05, 0.1) is 17.3 Å². The predicted octanol–water partition coefficient (Wildman–Crippen LogP) is 3.39.